The van der Waals surface area contributed by atoms with Crippen LogP contribution in [0.15, 0.2) is 42.6 Å². The maximum Gasteiger partial charge on any atom is 0.319 e. The fraction of sp³-hybridized carbons (Fsp3) is 0.393. The van der Waals surface area contributed by atoms with E-state index < -0.39 is 11.4 Å². The van der Waals surface area contributed by atoms with Gasteiger partial charge in [-0.1, -0.05) is 41.9 Å². The Bertz CT molecular complexity index is 1450. The average Bonchev–Trinajstić information content (AvgIpc) is 3.19. The molecule has 8 heteroatoms. The van der Waals surface area contributed by atoms with Crippen molar-refractivity contribution in [2.45, 2.75) is 38.6 Å². The molecule has 4 aromatic rings. The van der Waals surface area contributed by atoms with Crippen molar-refractivity contribution in [3.63, 3.8) is 0 Å². The molecule has 36 heavy (non-hydrogen) atoms. The summed E-state index contributed by atoms with van der Waals surface area (Å²) in [4.78, 5) is 16.1. The Morgan fingerprint density at radius 3 is 2.56 bits per heavy atom. The Kier molecular flexibility index (Phi) is 5.73. The monoisotopic (exact) mass is 505 g/mol. The molecule has 2 bridgehead atoms. The van der Waals surface area contributed by atoms with Crippen molar-refractivity contribution in [3.8, 4) is 17.3 Å². The van der Waals surface area contributed by atoms with E-state index in [1.165, 1.54) is 19.3 Å². The summed E-state index contributed by atoms with van der Waals surface area (Å²) in [5.74, 6) is 1.43. The van der Waals surface area contributed by atoms with Gasteiger partial charge in [0, 0.05) is 40.8 Å². The normalized spacial score (nSPS) is 19.9. The lowest BCUT2D eigenvalue weighted by molar-refractivity contribution is 0.227. The highest BCUT2D eigenvalue weighted by atomic mass is 35.5. The summed E-state index contributed by atoms with van der Waals surface area (Å²) in [6.45, 7) is 5.73. The van der Waals surface area contributed by atoms with E-state index in [0.29, 0.717) is 33.6 Å². The third-order valence-corrected chi connectivity index (χ3v) is 7.55. The molecule has 1 saturated heterocycles. The molecule has 186 valence electrons. The number of ether oxygens (including phenoxy) is 1. The summed E-state index contributed by atoms with van der Waals surface area (Å²) >= 11 is 6.54. The molecule has 2 atom stereocenters. The van der Waals surface area contributed by atoms with Gasteiger partial charge in [-0.3, -0.25) is 4.98 Å². The molecule has 2 unspecified atom stereocenters. The molecule has 1 aliphatic heterocycles. The molecule has 1 saturated carbocycles. The van der Waals surface area contributed by atoms with Crippen molar-refractivity contribution in [2.24, 2.45) is 17.6 Å². The Morgan fingerprint density at radius 2 is 1.83 bits per heavy atom. The van der Waals surface area contributed by atoms with Crippen LogP contribution >= 0.6 is 11.6 Å². The molecule has 0 radical (unpaired) electrons. The average molecular weight is 506 g/mol. The van der Waals surface area contributed by atoms with Crippen LogP contribution in [0, 0.1) is 17.7 Å². The van der Waals surface area contributed by atoms with Crippen LogP contribution in [-0.4, -0.2) is 40.2 Å². The number of piperidine rings is 1. The lowest BCUT2D eigenvalue weighted by atomic mass is 9.98. The predicted octanol–water partition coefficient (Wildman–Crippen LogP) is 5.99. The van der Waals surface area contributed by atoms with Gasteiger partial charge in [-0.05, 0) is 56.4 Å². The highest BCUT2D eigenvalue weighted by molar-refractivity contribution is 6.36. The number of fused-ring (bicyclic) bond motifs is 4. The van der Waals surface area contributed by atoms with Crippen LogP contribution in [0.1, 0.15) is 33.1 Å². The van der Waals surface area contributed by atoms with Crippen molar-refractivity contribution >= 4 is 39.1 Å². The van der Waals surface area contributed by atoms with E-state index in [9.17, 15) is 0 Å². The molecule has 2 aromatic carbocycles. The second-order valence-electron chi connectivity index (χ2n) is 10.9. The lowest BCUT2D eigenvalue weighted by Crippen LogP contribution is -2.39. The van der Waals surface area contributed by atoms with E-state index in [1.54, 1.807) is 12.3 Å². The van der Waals surface area contributed by atoms with E-state index in [1.807, 2.05) is 44.2 Å². The summed E-state index contributed by atoms with van der Waals surface area (Å²) in [6.07, 6.45) is 5.40. The standard InChI is InChI=1S/C28H29ClFN5O/c1-28(2,31)15-36-27-33-25-20(26(34-27)35-13-16-9-10-17(11-16)14-35)12-32-24(23(25)30)19-7-3-5-18-6-4-8-21(29)22(18)19/h3-8,12,16-17H,9-11,13-15,31H2,1-2H3. The maximum absolute atomic E-state index is 16.3. The van der Waals surface area contributed by atoms with Gasteiger partial charge in [-0.2, -0.15) is 9.97 Å². The Morgan fingerprint density at radius 1 is 1.11 bits per heavy atom. The van der Waals surface area contributed by atoms with Crippen molar-refractivity contribution in [1.29, 1.82) is 0 Å². The van der Waals surface area contributed by atoms with Gasteiger partial charge in [0.1, 0.15) is 23.6 Å². The van der Waals surface area contributed by atoms with E-state index in [-0.39, 0.29) is 23.8 Å². The molecule has 2 fully saturated rings. The number of aromatic nitrogens is 3. The molecule has 1 aliphatic carbocycles. The molecule has 2 N–H and O–H groups in total. The molecular weight excluding hydrogens is 477 g/mol. The van der Waals surface area contributed by atoms with Gasteiger partial charge in [0.15, 0.2) is 5.82 Å². The summed E-state index contributed by atoms with van der Waals surface area (Å²) in [7, 11) is 0. The van der Waals surface area contributed by atoms with Crippen molar-refractivity contribution in [1.82, 2.24) is 15.0 Å². The SMILES string of the molecule is CC(C)(N)COc1nc(N2CC3CCC(C3)C2)c2cnc(-c3cccc4cccc(Cl)c34)c(F)c2n1. The molecule has 6 nitrogen and oxygen atoms in total. The van der Waals surface area contributed by atoms with Crippen LogP contribution in [0.4, 0.5) is 10.2 Å². The zero-order chi connectivity index (χ0) is 25.0. The summed E-state index contributed by atoms with van der Waals surface area (Å²) in [6, 6.07) is 11.4. The minimum Gasteiger partial charge on any atom is -0.461 e. The number of benzene rings is 2. The largest absolute Gasteiger partial charge is 0.461 e. The van der Waals surface area contributed by atoms with Gasteiger partial charge in [-0.15, -0.1) is 0 Å². The fourth-order valence-corrected chi connectivity index (χ4v) is 5.92. The highest BCUT2D eigenvalue weighted by Gasteiger charge is 2.35. The summed E-state index contributed by atoms with van der Waals surface area (Å²) in [5.41, 5.74) is 6.57. The van der Waals surface area contributed by atoms with E-state index in [0.717, 1.165) is 23.9 Å². The summed E-state index contributed by atoms with van der Waals surface area (Å²) < 4.78 is 22.2. The predicted molar refractivity (Wildman–Crippen MR) is 142 cm³/mol. The second-order valence-corrected chi connectivity index (χ2v) is 11.3. The van der Waals surface area contributed by atoms with Gasteiger partial charge < -0.3 is 15.4 Å². The number of hydrogen-bond acceptors (Lipinski definition) is 6. The zero-order valence-electron chi connectivity index (χ0n) is 20.5. The van der Waals surface area contributed by atoms with Crippen molar-refractivity contribution in [2.75, 3.05) is 24.6 Å². The second kappa shape index (κ2) is 8.82. The number of halogens is 2. The van der Waals surface area contributed by atoms with Gasteiger partial charge in [0.05, 0.1) is 5.39 Å². The summed E-state index contributed by atoms with van der Waals surface area (Å²) in [5, 5.41) is 2.81. The van der Waals surface area contributed by atoms with Crippen LogP contribution in [0.2, 0.25) is 5.02 Å². The van der Waals surface area contributed by atoms with Gasteiger partial charge in [0.25, 0.3) is 0 Å². The number of nitrogens with zero attached hydrogens (tertiary/aromatic N) is 4. The van der Waals surface area contributed by atoms with Crippen LogP contribution < -0.4 is 15.4 Å². The molecule has 6 rings (SSSR count). The highest BCUT2D eigenvalue weighted by Crippen LogP contribution is 2.41. The Hall–Kier alpha value is -3.03. The third kappa shape index (κ3) is 4.24. The lowest BCUT2D eigenvalue weighted by Gasteiger charge is -2.33. The van der Waals surface area contributed by atoms with Crippen molar-refractivity contribution in [3.05, 3.63) is 53.4 Å². The van der Waals surface area contributed by atoms with Crippen molar-refractivity contribution < 1.29 is 9.13 Å². The smallest absolute Gasteiger partial charge is 0.319 e. The molecular formula is C28H29ClFN5O. The number of pyridine rings is 1. The first-order chi connectivity index (χ1) is 17.3. The molecule has 2 aromatic heterocycles. The maximum atomic E-state index is 16.3. The third-order valence-electron chi connectivity index (χ3n) is 7.23. The molecule has 0 amide bonds. The molecule has 0 spiro atoms. The number of anilines is 1. The van der Waals surface area contributed by atoms with Gasteiger partial charge in [0.2, 0.25) is 0 Å². The van der Waals surface area contributed by atoms with Crippen LogP contribution in [0.25, 0.3) is 32.9 Å². The molecule has 3 heterocycles. The quantitative estimate of drug-likeness (QED) is 0.359. The topological polar surface area (TPSA) is 77.2 Å². The Labute approximate surface area is 214 Å². The Balaban J connectivity index is 1.53. The fourth-order valence-electron chi connectivity index (χ4n) is 5.64. The first kappa shape index (κ1) is 23.4. The minimum absolute atomic E-state index is 0.126. The first-order valence-corrected chi connectivity index (χ1v) is 12.8. The number of nitrogens with two attached hydrogens (primary N) is 1. The number of hydrogen-bond donors (Lipinski definition) is 1. The van der Waals surface area contributed by atoms with E-state index >= 15 is 4.39 Å². The van der Waals surface area contributed by atoms with Gasteiger partial charge >= 0.3 is 6.01 Å². The van der Waals surface area contributed by atoms with Crippen LogP contribution in [-0.2, 0) is 0 Å². The van der Waals surface area contributed by atoms with Crippen LogP contribution in [0.3, 0.4) is 0 Å². The van der Waals surface area contributed by atoms with Gasteiger partial charge in [-0.25, -0.2) is 4.39 Å². The molecule has 2 aliphatic rings. The van der Waals surface area contributed by atoms with E-state index in [2.05, 4.69) is 14.9 Å². The minimum atomic E-state index is -0.579. The first-order valence-electron chi connectivity index (χ1n) is 12.5. The van der Waals surface area contributed by atoms with E-state index in [4.69, 9.17) is 27.1 Å². The number of rotatable bonds is 5. The zero-order valence-corrected chi connectivity index (χ0v) is 21.2. The van der Waals surface area contributed by atoms with Crippen LogP contribution in [0.5, 0.6) is 6.01 Å².